The molecular formula is C14H19N3S. The van der Waals surface area contributed by atoms with Crippen molar-refractivity contribution in [2.24, 2.45) is 0 Å². The average Bonchev–Trinajstić information content (AvgIpc) is 2.64. The Morgan fingerprint density at radius 1 is 1.39 bits per heavy atom. The van der Waals surface area contributed by atoms with E-state index in [4.69, 9.17) is 12.2 Å². The van der Waals surface area contributed by atoms with E-state index in [1.807, 2.05) is 0 Å². The zero-order valence-corrected chi connectivity index (χ0v) is 11.8. The monoisotopic (exact) mass is 261 g/mol. The molecule has 1 N–H and O–H groups in total. The minimum atomic E-state index is 0.507. The molecule has 1 atom stereocenters. The number of imidazole rings is 1. The second-order valence-electron chi connectivity index (χ2n) is 5.38. The quantitative estimate of drug-likeness (QED) is 0.797. The number of benzene rings is 1. The smallest absolute Gasteiger partial charge is 0.178 e. The minimum Gasteiger partial charge on any atom is -0.331 e. The summed E-state index contributed by atoms with van der Waals surface area (Å²) in [6.45, 7) is 4.41. The van der Waals surface area contributed by atoms with Crippen LogP contribution in [0.25, 0.3) is 11.0 Å². The molecule has 1 aromatic heterocycles. The average molecular weight is 261 g/mol. The third-order valence-corrected chi connectivity index (χ3v) is 4.14. The summed E-state index contributed by atoms with van der Waals surface area (Å²) in [5.74, 6) is 0. The van der Waals surface area contributed by atoms with Crippen molar-refractivity contribution in [1.82, 2.24) is 14.5 Å². The summed E-state index contributed by atoms with van der Waals surface area (Å²) in [6, 6.07) is 7.03. The molecule has 1 aliphatic heterocycles. The van der Waals surface area contributed by atoms with Gasteiger partial charge in [0.25, 0.3) is 0 Å². The van der Waals surface area contributed by atoms with Crippen molar-refractivity contribution in [3.63, 3.8) is 0 Å². The molecule has 1 saturated heterocycles. The van der Waals surface area contributed by atoms with Crippen molar-refractivity contribution in [2.75, 3.05) is 20.1 Å². The Hall–Kier alpha value is -1.13. The van der Waals surface area contributed by atoms with Gasteiger partial charge in [0.05, 0.1) is 11.0 Å². The van der Waals surface area contributed by atoms with Crippen molar-refractivity contribution in [3.8, 4) is 0 Å². The number of rotatable bonds is 1. The highest BCUT2D eigenvalue weighted by atomic mass is 32.1. The number of hydrogen-bond donors (Lipinski definition) is 1. The molecule has 2 aromatic rings. The Balaban J connectivity index is 2.10. The van der Waals surface area contributed by atoms with Crippen molar-refractivity contribution < 1.29 is 0 Å². The van der Waals surface area contributed by atoms with Crippen LogP contribution in [0.3, 0.4) is 0 Å². The number of nitrogens with zero attached hydrogens (tertiary/aromatic N) is 2. The van der Waals surface area contributed by atoms with E-state index in [-0.39, 0.29) is 0 Å². The van der Waals surface area contributed by atoms with Gasteiger partial charge >= 0.3 is 0 Å². The van der Waals surface area contributed by atoms with E-state index < -0.39 is 0 Å². The number of fused-ring (bicyclic) bond motifs is 1. The highest BCUT2D eigenvalue weighted by Crippen LogP contribution is 2.26. The van der Waals surface area contributed by atoms with E-state index in [1.54, 1.807) is 0 Å². The summed E-state index contributed by atoms with van der Waals surface area (Å²) in [4.78, 5) is 5.73. The van der Waals surface area contributed by atoms with E-state index in [0.717, 1.165) is 16.8 Å². The lowest BCUT2D eigenvalue weighted by atomic mass is 10.1. The highest BCUT2D eigenvalue weighted by Gasteiger charge is 2.21. The molecule has 1 aromatic carbocycles. The van der Waals surface area contributed by atoms with Crippen LogP contribution < -0.4 is 0 Å². The maximum absolute atomic E-state index is 5.50. The summed E-state index contributed by atoms with van der Waals surface area (Å²) in [5, 5.41) is 0. The predicted molar refractivity (Wildman–Crippen MR) is 77.6 cm³/mol. The maximum Gasteiger partial charge on any atom is 0.178 e. The van der Waals surface area contributed by atoms with Gasteiger partial charge in [-0.3, -0.25) is 0 Å². The molecule has 4 heteroatoms. The van der Waals surface area contributed by atoms with Crippen LogP contribution in [-0.2, 0) is 0 Å². The molecule has 0 spiro atoms. The van der Waals surface area contributed by atoms with Crippen LogP contribution in [0, 0.1) is 11.7 Å². The molecule has 2 heterocycles. The largest absolute Gasteiger partial charge is 0.331 e. The minimum absolute atomic E-state index is 0.507. The molecule has 18 heavy (non-hydrogen) atoms. The molecule has 1 fully saturated rings. The Morgan fingerprint density at radius 3 is 3.00 bits per heavy atom. The second-order valence-corrected chi connectivity index (χ2v) is 5.77. The standard InChI is InChI=1S/C14H19N3S/c1-10-5-6-13-12(8-10)15-14(18)17(13)11-4-3-7-16(2)9-11/h5-6,8,11H,3-4,7,9H2,1-2H3,(H,15,18). The van der Waals surface area contributed by atoms with Crippen molar-refractivity contribution >= 4 is 23.3 Å². The zero-order chi connectivity index (χ0) is 12.7. The summed E-state index contributed by atoms with van der Waals surface area (Å²) < 4.78 is 3.16. The molecule has 1 unspecified atom stereocenters. The molecule has 96 valence electrons. The van der Waals surface area contributed by atoms with Crippen LogP contribution >= 0.6 is 12.2 Å². The number of likely N-dealkylation sites (N-methyl/N-ethyl adjacent to an activating group) is 1. The van der Waals surface area contributed by atoms with Gasteiger partial charge in [0.2, 0.25) is 0 Å². The lowest BCUT2D eigenvalue weighted by Crippen LogP contribution is -2.33. The number of hydrogen-bond acceptors (Lipinski definition) is 2. The fourth-order valence-corrected chi connectivity index (χ4v) is 3.31. The van der Waals surface area contributed by atoms with E-state index in [9.17, 15) is 0 Å². The van der Waals surface area contributed by atoms with Gasteiger partial charge in [0.15, 0.2) is 4.77 Å². The number of likely N-dealkylation sites (tertiary alicyclic amines) is 1. The van der Waals surface area contributed by atoms with E-state index in [0.29, 0.717) is 6.04 Å². The molecule has 1 aliphatic rings. The fourth-order valence-electron chi connectivity index (χ4n) is 2.96. The van der Waals surface area contributed by atoms with Crippen LogP contribution in [0.2, 0.25) is 0 Å². The molecule has 0 radical (unpaired) electrons. The highest BCUT2D eigenvalue weighted by molar-refractivity contribution is 7.71. The predicted octanol–water partition coefficient (Wildman–Crippen LogP) is 3.27. The lowest BCUT2D eigenvalue weighted by molar-refractivity contribution is 0.214. The van der Waals surface area contributed by atoms with Gasteiger partial charge in [0.1, 0.15) is 0 Å². The van der Waals surface area contributed by atoms with Gasteiger partial charge in [-0.1, -0.05) is 6.07 Å². The Kier molecular flexibility index (Phi) is 2.99. The number of H-pyrrole nitrogens is 1. The van der Waals surface area contributed by atoms with Gasteiger partial charge in [0, 0.05) is 12.6 Å². The van der Waals surface area contributed by atoms with Crippen LogP contribution in [0.1, 0.15) is 24.4 Å². The first-order valence-corrected chi connectivity index (χ1v) is 6.95. The molecule has 0 saturated carbocycles. The third kappa shape index (κ3) is 1.99. The van der Waals surface area contributed by atoms with Crippen molar-refractivity contribution in [2.45, 2.75) is 25.8 Å². The Morgan fingerprint density at radius 2 is 2.22 bits per heavy atom. The second kappa shape index (κ2) is 4.52. The first-order chi connectivity index (χ1) is 8.65. The van der Waals surface area contributed by atoms with Gasteiger partial charge in [-0.05, 0) is 63.3 Å². The number of aromatic amines is 1. The van der Waals surface area contributed by atoms with E-state index in [1.165, 1.54) is 30.5 Å². The van der Waals surface area contributed by atoms with Crippen molar-refractivity contribution in [3.05, 3.63) is 28.5 Å². The van der Waals surface area contributed by atoms with Gasteiger partial charge in [-0.2, -0.15) is 0 Å². The van der Waals surface area contributed by atoms with E-state index >= 15 is 0 Å². The lowest BCUT2D eigenvalue weighted by Gasteiger charge is -2.30. The number of nitrogens with one attached hydrogen (secondary N) is 1. The van der Waals surface area contributed by atoms with Gasteiger partial charge < -0.3 is 14.5 Å². The molecule has 0 amide bonds. The third-order valence-electron chi connectivity index (χ3n) is 3.84. The first kappa shape index (κ1) is 11.9. The SMILES string of the molecule is Cc1ccc2c(c1)[nH]c(=S)n2C1CCCN(C)C1. The molecular weight excluding hydrogens is 242 g/mol. The molecule has 3 rings (SSSR count). The summed E-state index contributed by atoms with van der Waals surface area (Å²) >= 11 is 5.50. The summed E-state index contributed by atoms with van der Waals surface area (Å²) in [5.41, 5.74) is 3.67. The van der Waals surface area contributed by atoms with Crippen LogP contribution in [0.4, 0.5) is 0 Å². The van der Waals surface area contributed by atoms with Crippen LogP contribution in [0.5, 0.6) is 0 Å². The summed E-state index contributed by atoms with van der Waals surface area (Å²) in [7, 11) is 2.19. The van der Waals surface area contributed by atoms with Crippen LogP contribution in [-0.4, -0.2) is 34.6 Å². The van der Waals surface area contributed by atoms with E-state index in [2.05, 4.69) is 46.6 Å². The number of aromatic nitrogens is 2. The zero-order valence-electron chi connectivity index (χ0n) is 10.9. The van der Waals surface area contributed by atoms with Crippen molar-refractivity contribution in [1.29, 1.82) is 0 Å². The van der Waals surface area contributed by atoms with Gasteiger partial charge in [-0.25, -0.2) is 0 Å². The maximum atomic E-state index is 5.50. The molecule has 0 aliphatic carbocycles. The number of aryl methyl sites for hydroxylation is 1. The normalized spacial score (nSPS) is 21.6. The summed E-state index contributed by atoms with van der Waals surface area (Å²) in [6.07, 6.45) is 2.47. The molecule has 0 bridgehead atoms. The fraction of sp³-hybridized carbons (Fsp3) is 0.500. The van der Waals surface area contributed by atoms with Gasteiger partial charge in [-0.15, -0.1) is 0 Å². The Labute approximate surface area is 112 Å². The van der Waals surface area contributed by atoms with Crippen LogP contribution in [0.15, 0.2) is 18.2 Å². The Bertz CT molecular complexity index is 625. The molecule has 3 nitrogen and oxygen atoms in total. The number of piperidine rings is 1. The topological polar surface area (TPSA) is 24.0 Å². The first-order valence-electron chi connectivity index (χ1n) is 6.54.